The molecule has 0 aliphatic carbocycles. The lowest BCUT2D eigenvalue weighted by Gasteiger charge is -2.26. The summed E-state index contributed by atoms with van der Waals surface area (Å²) in [5, 5.41) is 5.58. The maximum absolute atomic E-state index is 14.5. The molecule has 0 bridgehead atoms. The van der Waals surface area contributed by atoms with E-state index in [4.69, 9.17) is 29.2 Å². The number of rotatable bonds is 14. The van der Waals surface area contributed by atoms with Gasteiger partial charge in [-0.05, 0) is 63.1 Å². The van der Waals surface area contributed by atoms with Crippen LogP contribution in [-0.2, 0) is 30.0 Å². The summed E-state index contributed by atoms with van der Waals surface area (Å²) >= 11 is 0. The van der Waals surface area contributed by atoms with E-state index in [9.17, 15) is 9.36 Å². The summed E-state index contributed by atoms with van der Waals surface area (Å²) in [5.41, 5.74) is 8.46. The van der Waals surface area contributed by atoms with Crippen LogP contribution in [0.4, 0.5) is 5.82 Å². The number of aromatic nitrogens is 3. The molecule has 3 atom stereocenters. The zero-order chi connectivity index (χ0) is 32.1. The maximum Gasteiger partial charge on any atom is 0.459 e. The van der Waals surface area contributed by atoms with Crippen LogP contribution >= 0.6 is 7.75 Å². The molecule has 0 aliphatic rings. The predicted octanol–water partition coefficient (Wildman–Crippen LogP) is 6.94. The fourth-order valence-electron chi connectivity index (χ4n) is 5.19. The van der Waals surface area contributed by atoms with Gasteiger partial charge >= 0.3 is 13.7 Å². The quantitative estimate of drug-likeness (QED) is 0.0976. The third kappa shape index (κ3) is 7.28. The first-order valence-corrected chi connectivity index (χ1v) is 16.7. The molecule has 2 heterocycles. The number of nitrogens with one attached hydrogen (secondary N) is 1. The number of carbonyl (C=O) groups is 1. The van der Waals surface area contributed by atoms with E-state index < -0.39 is 19.8 Å². The minimum absolute atomic E-state index is 0.0402. The van der Waals surface area contributed by atoms with Crippen molar-refractivity contribution >= 4 is 52.2 Å². The zero-order valence-corrected chi connectivity index (χ0v) is 27.1. The predicted molar refractivity (Wildman–Crippen MR) is 176 cm³/mol. The number of imidazole rings is 1. The summed E-state index contributed by atoms with van der Waals surface area (Å²) in [5.74, 6) is 0.703. The molecule has 0 radical (unpaired) electrons. The third-order valence-corrected chi connectivity index (χ3v) is 8.98. The Labute approximate surface area is 262 Å². The van der Waals surface area contributed by atoms with Crippen molar-refractivity contribution in [2.24, 2.45) is 0 Å². The van der Waals surface area contributed by atoms with Crippen LogP contribution in [0.2, 0.25) is 0 Å². The number of benzene rings is 3. The molecule has 5 rings (SSSR count). The summed E-state index contributed by atoms with van der Waals surface area (Å²) in [4.78, 5) is 22.1. The number of nitrogens with zero attached hydrogens (tertiary/aromatic N) is 3. The minimum atomic E-state index is -4.15. The molecule has 0 unspecified atom stereocenters. The summed E-state index contributed by atoms with van der Waals surface area (Å²) < 4.78 is 39.8. The highest BCUT2D eigenvalue weighted by Gasteiger charge is 2.34. The van der Waals surface area contributed by atoms with Gasteiger partial charge in [-0.15, -0.1) is 0 Å². The van der Waals surface area contributed by atoms with Gasteiger partial charge in [-0.3, -0.25) is 9.32 Å². The molecule has 0 spiro atoms. The Morgan fingerprint density at radius 2 is 1.73 bits per heavy atom. The number of fused-ring (bicyclic) bond motifs is 4. The number of carbonyl (C=O) groups excluding carboxylic acids is 1. The molecule has 11 nitrogen and oxygen atoms in total. The number of nitrogen functional groups attached to an aromatic ring is 1. The van der Waals surface area contributed by atoms with Crippen molar-refractivity contribution in [2.45, 2.75) is 65.8 Å². The molecule has 45 heavy (non-hydrogen) atoms. The molecule has 238 valence electrons. The van der Waals surface area contributed by atoms with Gasteiger partial charge < -0.3 is 24.3 Å². The second-order valence-electron chi connectivity index (χ2n) is 11.0. The van der Waals surface area contributed by atoms with Crippen LogP contribution in [0.5, 0.6) is 5.75 Å². The van der Waals surface area contributed by atoms with Crippen molar-refractivity contribution in [3.8, 4) is 5.75 Å². The maximum atomic E-state index is 14.5. The standard InChI is InChI=1S/C33H40N5O6P/c1-6-25(38-29(20-41-7-2)36-30-31(38)27-14-10-11-15-28(27)35-32(30)34)19-42-45(40,37-22(5)33(39)43-21(3)4)44-26-17-16-23-12-8-9-13-24(23)18-26/h8-18,21-22,25H,6-7,19-20H2,1-5H3,(H2,34,35)(H,37,40)/t22-,25+,45-/m0/s1. The molecule has 0 aliphatic heterocycles. The van der Waals surface area contributed by atoms with Crippen molar-refractivity contribution in [2.75, 3.05) is 18.9 Å². The Balaban J connectivity index is 1.52. The number of hydrogen-bond donors (Lipinski definition) is 2. The van der Waals surface area contributed by atoms with E-state index in [-0.39, 0.29) is 25.4 Å². The van der Waals surface area contributed by atoms with Gasteiger partial charge in [0.05, 0.1) is 29.8 Å². The number of pyridine rings is 1. The zero-order valence-electron chi connectivity index (χ0n) is 26.2. The molecule has 12 heteroatoms. The number of esters is 1. The van der Waals surface area contributed by atoms with Crippen molar-refractivity contribution in [3.05, 3.63) is 72.6 Å². The van der Waals surface area contributed by atoms with Gasteiger partial charge in [-0.2, -0.15) is 5.09 Å². The monoisotopic (exact) mass is 633 g/mol. The second kappa shape index (κ2) is 14.0. The van der Waals surface area contributed by atoms with E-state index in [0.29, 0.717) is 35.9 Å². The van der Waals surface area contributed by atoms with Gasteiger partial charge in [-0.1, -0.05) is 55.5 Å². The molecular weight excluding hydrogens is 593 g/mol. The Bertz CT molecular complexity index is 1860. The molecule has 3 aromatic carbocycles. The molecule has 0 fully saturated rings. The van der Waals surface area contributed by atoms with Gasteiger partial charge in [0, 0.05) is 12.0 Å². The fourth-order valence-corrected chi connectivity index (χ4v) is 6.71. The summed E-state index contributed by atoms with van der Waals surface area (Å²) in [6.07, 6.45) is 0.241. The first kappa shape index (κ1) is 32.4. The topological polar surface area (TPSA) is 140 Å². The highest BCUT2D eigenvalue weighted by atomic mass is 31.2. The van der Waals surface area contributed by atoms with Crippen LogP contribution < -0.4 is 15.3 Å². The molecule has 2 aromatic heterocycles. The Morgan fingerprint density at radius 3 is 2.47 bits per heavy atom. The molecule has 0 amide bonds. The van der Waals surface area contributed by atoms with E-state index >= 15 is 0 Å². The number of ether oxygens (including phenoxy) is 2. The first-order valence-electron chi connectivity index (χ1n) is 15.2. The molecule has 3 N–H and O–H groups in total. The third-order valence-electron chi connectivity index (χ3n) is 7.34. The minimum Gasteiger partial charge on any atom is -0.462 e. The van der Waals surface area contributed by atoms with Crippen LogP contribution in [0.3, 0.4) is 0 Å². The lowest BCUT2D eigenvalue weighted by molar-refractivity contribution is -0.149. The number of hydrogen-bond acceptors (Lipinski definition) is 9. The fraction of sp³-hybridized carbons (Fsp3) is 0.364. The van der Waals surface area contributed by atoms with Crippen LogP contribution in [0.1, 0.15) is 52.9 Å². The Kier molecular flexibility index (Phi) is 10.0. The average Bonchev–Trinajstić information content (AvgIpc) is 3.40. The number of anilines is 1. The van der Waals surface area contributed by atoms with Gasteiger partial charge in [-0.25, -0.2) is 14.5 Å². The highest BCUT2D eigenvalue weighted by molar-refractivity contribution is 7.52. The van der Waals surface area contributed by atoms with E-state index in [1.807, 2.05) is 73.0 Å². The van der Waals surface area contributed by atoms with E-state index in [1.165, 1.54) is 0 Å². The van der Waals surface area contributed by atoms with Gasteiger partial charge in [0.2, 0.25) is 0 Å². The van der Waals surface area contributed by atoms with Gasteiger partial charge in [0.15, 0.2) is 5.82 Å². The number of para-hydroxylation sites is 1. The van der Waals surface area contributed by atoms with Crippen LogP contribution in [-0.4, -0.2) is 45.9 Å². The van der Waals surface area contributed by atoms with E-state index in [0.717, 1.165) is 27.2 Å². The smallest absolute Gasteiger partial charge is 0.459 e. The SMILES string of the molecule is CCOCc1nc2c(N)nc3ccccc3c2n1[C@H](CC)CO[P@@](=O)(N[C@@H](C)C(=O)OC(C)C)Oc1ccc2ccccc2c1. The molecule has 0 saturated carbocycles. The van der Waals surface area contributed by atoms with Gasteiger partial charge in [0.25, 0.3) is 0 Å². The lowest BCUT2D eigenvalue weighted by atomic mass is 10.1. The van der Waals surface area contributed by atoms with Crippen molar-refractivity contribution in [3.63, 3.8) is 0 Å². The second-order valence-corrected chi connectivity index (χ2v) is 12.7. The van der Waals surface area contributed by atoms with Crippen LogP contribution in [0.25, 0.3) is 32.7 Å². The van der Waals surface area contributed by atoms with Crippen molar-refractivity contribution in [1.82, 2.24) is 19.6 Å². The summed E-state index contributed by atoms with van der Waals surface area (Å²) in [7, 11) is -4.15. The number of nitrogens with two attached hydrogens (primary N) is 1. The largest absolute Gasteiger partial charge is 0.462 e. The summed E-state index contributed by atoms with van der Waals surface area (Å²) in [6.45, 7) is 9.66. The Morgan fingerprint density at radius 1 is 1.00 bits per heavy atom. The molecule has 0 saturated heterocycles. The average molecular weight is 634 g/mol. The van der Waals surface area contributed by atoms with E-state index in [2.05, 4.69) is 10.1 Å². The summed E-state index contributed by atoms with van der Waals surface area (Å²) in [6, 6.07) is 19.5. The first-order chi connectivity index (χ1) is 21.6. The normalized spacial score (nSPS) is 14.5. The van der Waals surface area contributed by atoms with Crippen LogP contribution in [0.15, 0.2) is 66.7 Å². The van der Waals surface area contributed by atoms with Crippen molar-refractivity contribution in [1.29, 1.82) is 0 Å². The Hall–Kier alpha value is -4.02. The molecule has 5 aromatic rings. The van der Waals surface area contributed by atoms with Crippen molar-refractivity contribution < 1.29 is 27.9 Å². The highest BCUT2D eigenvalue weighted by Crippen LogP contribution is 2.47. The molecular formula is C33H40N5O6P. The van der Waals surface area contributed by atoms with Gasteiger partial charge in [0.1, 0.15) is 29.7 Å². The van der Waals surface area contributed by atoms with Crippen LogP contribution in [0, 0.1) is 0 Å². The van der Waals surface area contributed by atoms with E-state index in [1.54, 1.807) is 32.9 Å². The lowest BCUT2D eigenvalue weighted by Crippen LogP contribution is -2.36.